The molecule has 0 aliphatic heterocycles. The lowest BCUT2D eigenvalue weighted by Gasteiger charge is -2.38. The molecule has 4 nitrogen and oxygen atoms in total. The predicted molar refractivity (Wildman–Crippen MR) is 126 cm³/mol. The molecule has 0 aliphatic rings. The summed E-state index contributed by atoms with van der Waals surface area (Å²) in [4.78, 5) is 0. The number of ether oxygens (including phenoxy) is 2. The van der Waals surface area contributed by atoms with Crippen LogP contribution >= 0.6 is 0 Å². The van der Waals surface area contributed by atoms with Gasteiger partial charge in [-0.05, 0) is 42.3 Å². The summed E-state index contributed by atoms with van der Waals surface area (Å²) in [6.45, 7) is 2.11. The van der Waals surface area contributed by atoms with Crippen molar-refractivity contribution in [3.63, 3.8) is 0 Å². The van der Waals surface area contributed by atoms with Crippen LogP contribution < -0.4 is 20.9 Å². The van der Waals surface area contributed by atoms with E-state index in [2.05, 4.69) is 31.2 Å². The van der Waals surface area contributed by atoms with E-state index >= 15 is 0 Å². The smallest absolute Gasteiger partial charge is 0.254 e. The fraction of sp³-hybridized carbons (Fsp3) is 0.111. The third kappa shape index (κ3) is 4.19. The highest BCUT2D eigenvalue weighted by molar-refractivity contribution is 5.54. The number of nitrogens with two attached hydrogens (primary N) is 2. The van der Waals surface area contributed by atoms with Crippen LogP contribution in [0.25, 0.3) is 0 Å². The minimum absolute atomic E-state index is 0.542. The van der Waals surface area contributed by atoms with Crippen molar-refractivity contribution >= 4 is 11.4 Å². The minimum atomic E-state index is -0.744. The zero-order valence-corrected chi connectivity index (χ0v) is 17.4. The predicted octanol–water partition coefficient (Wildman–Crippen LogP) is 5.64. The van der Waals surface area contributed by atoms with E-state index in [9.17, 15) is 0 Å². The molecule has 0 unspecified atom stereocenters. The molecule has 31 heavy (non-hydrogen) atoms. The average molecular weight is 411 g/mol. The van der Waals surface area contributed by atoms with Gasteiger partial charge in [0.25, 0.3) is 6.29 Å². The Morgan fingerprint density at radius 2 is 0.903 bits per heavy atom. The Kier molecular flexibility index (Phi) is 5.80. The lowest BCUT2D eigenvalue weighted by molar-refractivity contribution is -0.0383. The minimum Gasteiger partial charge on any atom is -0.451 e. The van der Waals surface area contributed by atoms with Crippen molar-refractivity contribution in [2.45, 2.75) is 18.6 Å². The first-order chi connectivity index (χ1) is 15.1. The number of hydrogen-bond acceptors (Lipinski definition) is 4. The normalized spacial score (nSPS) is 11.3. The van der Waals surface area contributed by atoms with E-state index in [4.69, 9.17) is 20.9 Å². The molecule has 0 bridgehead atoms. The summed E-state index contributed by atoms with van der Waals surface area (Å²) in [5.41, 5.74) is 14.9. The Morgan fingerprint density at radius 3 is 1.29 bits per heavy atom. The summed E-state index contributed by atoms with van der Waals surface area (Å²) in [6.07, 6.45) is -0.744. The van der Waals surface area contributed by atoms with E-state index in [0.717, 1.165) is 11.1 Å². The van der Waals surface area contributed by atoms with E-state index in [1.165, 1.54) is 0 Å². The first-order valence-corrected chi connectivity index (χ1v) is 10.2. The summed E-state index contributed by atoms with van der Waals surface area (Å²) in [7, 11) is 0. The van der Waals surface area contributed by atoms with Crippen molar-refractivity contribution in [3.05, 3.63) is 120 Å². The quantitative estimate of drug-likeness (QED) is 0.305. The van der Waals surface area contributed by atoms with Gasteiger partial charge in [-0.1, -0.05) is 84.9 Å². The molecule has 4 aromatic carbocycles. The van der Waals surface area contributed by atoms with E-state index in [1.807, 2.05) is 84.9 Å². The van der Waals surface area contributed by atoms with Crippen molar-refractivity contribution in [1.82, 2.24) is 0 Å². The van der Waals surface area contributed by atoms with Gasteiger partial charge in [0.2, 0.25) is 0 Å². The maximum Gasteiger partial charge on any atom is 0.254 e. The van der Waals surface area contributed by atoms with Gasteiger partial charge < -0.3 is 20.9 Å². The molecule has 4 aromatic rings. The largest absolute Gasteiger partial charge is 0.451 e. The Labute approximate surface area is 183 Å². The number of hydrogen-bond donors (Lipinski definition) is 2. The molecule has 4 N–H and O–H groups in total. The van der Waals surface area contributed by atoms with E-state index in [0.29, 0.717) is 22.9 Å². The molecule has 0 saturated carbocycles. The van der Waals surface area contributed by atoms with Crippen LogP contribution in [0.15, 0.2) is 109 Å². The van der Waals surface area contributed by atoms with Crippen LogP contribution in [0.4, 0.5) is 11.4 Å². The number of anilines is 2. The van der Waals surface area contributed by atoms with Gasteiger partial charge in [0.15, 0.2) is 0 Å². The van der Waals surface area contributed by atoms with Gasteiger partial charge >= 0.3 is 0 Å². The summed E-state index contributed by atoms with van der Waals surface area (Å²) in [6, 6.07) is 35.2. The number of para-hydroxylation sites is 4. The first kappa shape index (κ1) is 20.4. The summed E-state index contributed by atoms with van der Waals surface area (Å²) in [5, 5.41) is 0. The topological polar surface area (TPSA) is 70.5 Å². The van der Waals surface area contributed by atoms with Gasteiger partial charge in [0.05, 0.1) is 16.8 Å². The number of benzene rings is 4. The molecule has 0 heterocycles. The molecule has 0 aromatic heterocycles. The Morgan fingerprint density at radius 1 is 0.548 bits per heavy atom. The lowest BCUT2D eigenvalue weighted by Crippen LogP contribution is -2.46. The molecule has 4 rings (SSSR count). The zero-order valence-electron chi connectivity index (χ0n) is 17.4. The van der Waals surface area contributed by atoms with Crippen LogP contribution in [0.5, 0.6) is 11.5 Å². The summed E-state index contributed by atoms with van der Waals surface area (Å²) >= 11 is 0. The second kappa shape index (κ2) is 8.84. The van der Waals surface area contributed by atoms with Crippen LogP contribution in [-0.4, -0.2) is 6.29 Å². The highest BCUT2D eigenvalue weighted by Crippen LogP contribution is 2.40. The molecule has 156 valence electrons. The van der Waals surface area contributed by atoms with Gasteiger partial charge in [-0.3, -0.25) is 0 Å². The molecule has 0 radical (unpaired) electrons. The Balaban J connectivity index is 1.87. The second-order valence-electron chi connectivity index (χ2n) is 7.58. The molecule has 0 saturated heterocycles. The molecule has 4 heteroatoms. The molecule has 0 amide bonds. The van der Waals surface area contributed by atoms with Gasteiger partial charge in [-0.2, -0.15) is 0 Å². The first-order valence-electron chi connectivity index (χ1n) is 10.2. The maximum absolute atomic E-state index is 6.48. The zero-order chi connectivity index (χ0) is 21.7. The van der Waals surface area contributed by atoms with Crippen molar-refractivity contribution < 1.29 is 9.47 Å². The van der Waals surface area contributed by atoms with Gasteiger partial charge in [-0.25, -0.2) is 0 Å². The number of nitrogen functional groups attached to an aromatic ring is 2. The standard InChI is InChI=1S/C27H26N2O2/c1-27(20-12-4-2-5-13-20,21-14-6-3-7-15-21)26(30-24-18-10-8-16-22(24)28)31-25-19-11-9-17-23(25)29/h2-19,26H,28-29H2,1H3. The molecular weight excluding hydrogens is 384 g/mol. The second-order valence-corrected chi connectivity index (χ2v) is 7.58. The van der Waals surface area contributed by atoms with Gasteiger partial charge in [0, 0.05) is 0 Å². The van der Waals surface area contributed by atoms with Crippen LogP contribution in [0, 0.1) is 0 Å². The fourth-order valence-corrected chi connectivity index (χ4v) is 3.67. The van der Waals surface area contributed by atoms with Crippen molar-refractivity contribution in [2.24, 2.45) is 0 Å². The lowest BCUT2D eigenvalue weighted by atomic mass is 9.75. The summed E-state index contributed by atoms with van der Waals surface area (Å²) < 4.78 is 13.0. The van der Waals surface area contributed by atoms with Gasteiger partial charge in [-0.15, -0.1) is 0 Å². The molecular formula is C27H26N2O2. The van der Waals surface area contributed by atoms with Gasteiger partial charge in [0.1, 0.15) is 11.5 Å². The van der Waals surface area contributed by atoms with Crippen molar-refractivity contribution in [2.75, 3.05) is 11.5 Å². The Hall–Kier alpha value is -3.92. The van der Waals surface area contributed by atoms with E-state index in [-0.39, 0.29) is 0 Å². The fourth-order valence-electron chi connectivity index (χ4n) is 3.67. The third-order valence-corrected chi connectivity index (χ3v) is 5.52. The van der Waals surface area contributed by atoms with E-state index < -0.39 is 11.7 Å². The SMILES string of the molecule is CC(c1ccccc1)(c1ccccc1)C(Oc1ccccc1N)Oc1ccccc1N. The molecule has 0 spiro atoms. The average Bonchev–Trinajstić information content (AvgIpc) is 2.82. The highest BCUT2D eigenvalue weighted by Gasteiger charge is 2.42. The molecule has 0 fully saturated rings. The van der Waals surface area contributed by atoms with Crippen LogP contribution in [0.3, 0.4) is 0 Å². The molecule has 0 atom stereocenters. The van der Waals surface area contributed by atoms with Crippen LogP contribution in [-0.2, 0) is 5.41 Å². The molecule has 0 aliphatic carbocycles. The summed E-state index contributed by atoms with van der Waals surface area (Å²) in [5.74, 6) is 1.11. The monoisotopic (exact) mass is 410 g/mol. The van der Waals surface area contributed by atoms with Crippen LogP contribution in [0.2, 0.25) is 0 Å². The van der Waals surface area contributed by atoms with Crippen molar-refractivity contribution in [3.8, 4) is 11.5 Å². The highest BCUT2D eigenvalue weighted by atomic mass is 16.7. The van der Waals surface area contributed by atoms with E-state index in [1.54, 1.807) is 0 Å². The Bertz CT molecular complexity index is 1040. The van der Waals surface area contributed by atoms with Crippen molar-refractivity contribution in [1.29, 1.82) is 0 Å². The maximum atomic E-state index is 6.48. The third-order valence-electron chi connectivity index (χ3n) is 5.52. The van der Waals surface area contributed by atoms with Crippen LogP contribution in [0.1, 0.15) is 18.1 Å². The number of rotatable bonds is 7.